The molecule has 6 heteroatoms. The lowest BCUT2D eigenvalue weighted by atomic mass is 10.0. The van der Waals surface area contributed by atoms with Crippen molar-refractivity contribution in [1.29, 1.82) is 0 Å². The summed E-state index contributed by atoms with van der Waals surface area (Å²) in [5.41, 5.74) is 0. The number of ether oxygens (including phenoxy) is 3. The number of unbranched alkanes of at least 4 members (excludes halogenated alkanes) is 31. The number of rotatable bonds is 50. The zero-order valence-corrected chi connectivity index (χ0v) is 42.6. The molecule has 64 heavy (non-hydrogen) atoms. The molecule has 0 spiro atoms. The van der Waals surface area contributed by atoms with Crippen molar-refractivity contribution in [3.05, 3.63) is 48.6 Å². The van der Waals surface area contributed by atoms with Gasteiger partial charge in [0.15, 0.2) is 6.10 Å². The van der Waals surface area contributed by atoms with E-state index in [1.54, 1.807) is 0 Å². The zero-order valence-electron chi connectivity index (χ0n) is 42.6. The highest BCUT2D eigenvalue weighted by atomic mass is 16.6. The fourth-order valence-electron chi connectivity index (χ4n) is 7.83. The minimum Gasteiger partial charge on any atom is -0.462 e. The molecule has 0 aliphatic heterocycles. The SMILES string of the molecule is CCC/C=C\C/C=C\CCCCCCCC(=O)OC(COC(=O)CCCCCCC/C=C\CCC)COC(=O)CCCCCCCCCCCCC/C=C\CCCCCCCCCC. The smallest absolute Gasteiger partial charge is 0.306 e. The molecule has 0 heterocycles. The van der Waals surface area contributed by atoms with Crippen LogP contribution in [0.2, 0.25) is 0 Å². The molecule has 0 aromatic heterocycles. The number of hydrogen-bond donors (Lipinski definition) is 0. The molecule has 0 aromatic rings. The average Bonchev–Trinajstić information content (AvgIpc) is 3.29. The van der Waals surface area contributed by atoms with E-state index in [4.69, 9.17) is 14.2 Å². The molecular formula is C58H104O6. The van der Waals surface area contributed by atoms with Gasteiger partial charge in [-0.05, 0) is 89.9 Å². The zero-order chi connectivity index (χ0) is 46.5. The van der Waals surface area contributed by atoms with Crippen LogP contribution in [-0.4, -0.2) is 37.2 Å². The second kappa shape index (κ2) is 53.0. The van der Waals surface area contributed by atoms with Crippen LogP contribution in [0.15, 0.2) is 48.6 Å². The van der Waals surface area contributed by atoms with Gasteiger partial charge in [-0.1, -0.05) is 223 Å². The maximum atomic E-state index is 12.8. The number of hydrogen-bond acceptors (Lipinski definition) is 6. The van der Waals surface area contributed by atoms with Crippen molar-refractivity contribution < 1.29 is 28.6 Å². The van der Waals surface area contributed by atoms with Gasteiger partial charge in [-0.15, -0.1) is 0 Å². The number of allylic oxidation sites excluding steroid dienone is 8. The third-order valence-electron chi connectivity index (χ3n) is 12.0. The lowest BCUT2D eigenvalue weighted by Gasteiger charge is -2.18. The first-order valence-electron chi connectivity index (χ1n) is 27.6. The van der Waals surface area contributed by atoms with E-state index in [1.165, 1.54) is 141 Å². The normalized spacial score (nSPS) is 12.4. The van der Waals surface area contributed by atoms with Crippen molar-refractivity contribution in [2.24, 2.45) is 0 Å². The van der Waals surface area contributed by atoms with E-state index in [-0.39, 0.29) is 31.1 Å². The summed E-state index contributed by atoms with van der Waals surface area (Å²) >= 11 is 0. The van der Waals surface area contributed by atoms with Gasteiger partial charge in [0.05, 0.1) is 0 Å². The second-order valence-electron chi connectivity index (χ2n) is 18.5. The summed E-state index contributed by atoms with van der Waals surface area (Å²) in [6, 6.07) is 0. The molecule has 0 amide bonds. The molecule has 0 saturated carbocycles. The van der Waals surface area contributed by atoms with Crippen LogP contribution in [0.25, 0.3) is 0 Å². The standard InChI is InChI=1S/C58H104O6/c1-4-7-10-13-16-19-22-24-25-26-27-28-29-30-31-32-33-35-36-39-42-45-48-51-57(60)63-54-55(53-62-56(59)50-47-44-41-38-21-18-15-12-9-6-3)64-58(61)52-49-46-43-40-37-34-23-20-17-14-11-8-5-2/h11-12,14-15,20,23,26-27,55H,4-10,13,16-19,21-22,24-25,28-54H2,1-3H3/b14-11-,15-12-,23-20-,27-26-. The molecule has 372 valence electrons. The van der Waals surface area contributed by atoms with E-state index >= 15 is 0 Å². The summed E-state index contributed by atoms with van der Waals surface area (Å²) in [5.74, 6) is -0.900. The highest BCUT2D eigenvalue weighted by Gasteiger charge is 2.19. The van der Waals surface area contributed by atoms with Crippen LogP contribution < -0.4 is 0 Å². The number of carbonyl (C=O) groups is 3. The third kappa shape index (κ3) is 50.4. The Bertz CT molecular complexity index is 1120. The summed E-state index contributed by atoms with van der Waals surface area (Å²) in [6.45, 7) is 6.51. The predicted molar refractivity (Wildman–Crippen MR) is 275 cm³/mol. The highest BCUT2D eigenvalue weighted by Crippen LogP contribution is 2.15. The summed E-state index contributed by atoms with van der Waals surface area (Å²) < 4.78 is 16.8. The monoisotopic (exact) mass is 897 g/mol. The van der Waals surface area contributed by atoms with E-state index in [1.807, 2.05) is 0 Å². The Morgan fingerprint density at radius 2 is 0.594 bits per heavy atom. The van der Waals surface area contributed by atoms with Gasteiger partial charge in [0.1, 0.15) is 13.2 Å². The average molecular weight is 897 g/mol. The molecule has 0 aliphatic carbocycles. The maximum absolute atomic E-state index is 12.8. The molecule has 0 N–H and O–H groups in total. The minimum absolute atomic E-state index is 0.0808. The van der Waals surface area contributed by atoms with Crippen molar-refractivity contribution >= 4 is 17.9 Å². The Labute approximate surface area is 397 Å². The van der Waals surface area contributed by atoms with Crippen LogP contribution in [-0.2, 0) is 28.6 Å². The van der Waals surface area contributed by atoms with Crippen LogP contribution in [0.3, 0.4) is 0 Å². The van der Waals surface area contributed by atoms with E-state index in [0.29, 0.717) is 19.3 Å². The van der Waals surface area contributed by atoms with Gasteiger partial charge in [0.25, 0.3) is 0 Å². The van der Waals surface area contributed by atoms with Gasteiger partial charge in [-0.2, -0.15) is 0 Å². The Hall–Kier alpha value is -2.63. The maximum Gasteiger partial charge on any atom is 0.306 e. The minimum atomic E-state index is -0.782. The number of esters is 3. The highest BCUT2D eigenvalue weighted by molar-refractivity contribution is 5.71. The molecule has 0 rings (SSSR count). The fraction of sp³-hybridized carbons (Fsp3) is 0.810. The quantitative estimate of drug-likeness (QED) is 0.0262. The van der Waals surface area contributed by atoms with E-state index in [2.05, 4.69) is 69.4 Å². The van der Waals surface area contributed by atoms with Gasteiger partial charge in [-0.25, -0.2) is 0 Å². The van der Waals surface area contributed by atoms with Crippen molar-refractivity contribution in [3.63, 3.8) is 0 Å². The lowest BCUT2D eigenvalue weighted by Crippen LogP contribution is -2.30. The van der Waals surface area contributed by atoms with E-state index in [0.717, 1.165) is 103 Å². The van der Waals surface area contributed by atoms with E-state index in [9.17, 15) is 14.4 Å². The molecule has 6 nitrogen and oxygen atoms in total. The second-order valence-corrected chi connectivity index (χ2v) is 18.5. The van der Waals surface area contributed by atoms with Crippen LogP contribution in [0.5, 0.6) is 0 Å². The first-order chi connectivity index (χ1) is 31.5. The first kappa shape index (κ1) is 61.4. The molecule has 1 atom stereocenters. The molecule has 0 aliphatic rings. The third-order valence-corrected chi connectivity index (χ3v) is 12.0. The van der Waals surface area contributed by atoms with Gasteiger partial charge < -0.3 is 14.2 Å². The summed E-state index contributed by atoms with van der Waals surface area (Å²) in [4.78, 5) is 37.9. The van der Waals surface area contributed by atoms with Crippen LogP contribution >= 0.6 is 0 Å². The molecule has 0 radical (unpaired) electrons. The van der Waals surface area contributed by atoms with Crippen molar-refractivity contribution in [3.8, 4) is 0 Å². The van der Waals surface area contributed by atoms with Gasteiger partial charge in [0.2, 0.25) is 0 Å². The van der Waals surface area contributed by atoms with Crippen molar-refractivity contribution in [2.75, 3.05) is 13.2 Å². The molecule has 0 aromatic carbocycles. The molecule has 0 fully saturated rings. The fourth-order valence-corrected chi connectivity index (χ4v) is 7.83. The Morgan fingerprint density at radius 3 is 0.953 bits per heavy atom. The lowest BCUT2D eigenvalue weighted by molar-refractivity contribution is -0.167. The van der Waals surface area contributed by atoms with Crippen molar-refractivity contribution in [1.82, 2.24) is 0 Å². The Morgan fingerprint density at radius 1 is 0.312 bits per heavy atom. The molecule has 0 bridgehead atoms. The summed E-state index contributed by atoms with van der Waals surface area (Å²) in [6.07, 6.45) is 64.0. The van der Waals surface area contributed by atoms with Crippen LogP contribution in [0, 0.1) is 0 Å². The van der Waals surface area contributed by atoms with Crippen LogP contribution in [0.4, 0.5) is 0 Å². The molecular weight excluding hydrogens is 793 g/mol. The topological polar surface area (TPSA) is 78.9 Å². The van der Waals surface area contributed by atoms with Gasteiger partial charge in [-0.3, -0.25) is 14.4 Å². The first-order valence-corrected chi connectivity index (χ1v) is 27.6. The summed E-state index contributed by atoms with van der Waals surface area (Å²) in [5, 5.41) is 0. The Kier molecular flexibility index (Phi) is 50.8. The molecule has 1 unspecified atom stereocenters. The van der Waals surface area contributed by atoms with Gasteiger partial charge in [0, 0.05) is 19.3 Å². The summed E-state index contributed by atoms with van der Waals surface area (Å²) in [7, 11) is 0. The van der Waals surface area contributed by atoms with E-state index < -0.39 is 6.10 Å². The predicted octanol–water partition coefficient (Wildman–Crippen LogP) is 18.3. The molecule has 0 saturated heterocycles. The number of carbonyl (C=O) groups excluding carboxylic acids is 3. The largest absolute Gasteiger partial charge is 0.462 e. The van der Waals surface area contributed by atoms with Crippen LogP contribution in [0.1, 0.15) is 284 Å². The van der Waals surface area contributed by atoms with Gasteiger partial charge >= 0.3 is 17.9 Å². The van der Waals surface area contributed by atoms with Crippen molar-refractivity contribution in [2.45, 2.75) is 290 Å². The Balaban J connectivity index is 4.23.